The van der Waals surface area contributed by atoms with Gasteiger partial charge in [0, 0.05) is 12.2 Å². The van der Waals surface area contributed by atoms with Crippen LogP contribution in [-0.4, -0.2) is 21.5 Å². The smallest absolute Gasteiger partial charge is 0.319 e. The first kappa shape index (κ1) is 18.0. The molecule has 0 atom stereocenters. The zero-order valence-corrected chi connectivity index (χ0v) is 14.7. The Balaban J connectivity index is 2.09. The summed E-state index contributed by atoms with van der Waals surface area (Å²) in [6.45, 7) is 4.17. The second-order valence-electron chi connectivity index (χ2n) is 5.42. The maximum absolute atomic E-state index is 12.1. The summed E-state index contributed by atoms with van der Waals surface area (Å²) < 4.78 is 26.0. The fourth-order valence-corrected chi connectivity index (χ4v) is 2.93. The predicted molar refractivity (Wildman–Crippen MR) is 94.5 cm³/mol. The molecule has 24 heavy (non-hydrogen) atoms. The number of rotatable bonds is 5. The first-order valence-electron chi connectivity index (χ1n) is 7.47. The zero-order valence-electron chi connectivity index (χ0n) is 13.9. The minimum atomic E-state index is -3.56. The van der Waals surface area contributed by atoms with E-state index in [1.54, 1.807) is 13.0 Å². The lowest BCUT2D eigenvalue weighted by Gasteiger charge is -2.12. The van der Waals surface area contributed by atoms with Crippen LogP contribution < -0.4 is 15.4 Å². The molecule has 2 amide bonds. The number of urea groups is 1. The largest absolute Gasteiger partial charge is 0.334 e. The number of nitrogens with one attached hydrogen (secondary N) is 3. The molecule has 0 aliphatic rings. The Morgan fingerprint density at radius 2 is 1.75 bits per heavy atom. The minimum Gasteiger partial charge on any atom is -0.334 e. The molecular weight excluding hydrogens is 326 g/mol. The van der Waals surface area contributed by atoms with E-state index in [0.717, 1.165) is 16.7 Å². The van der Waals surface area contributed by atoms with Crippen LogP contribution in [0.2, 0.25) is 0 Å². The molecule has 3 N–H and O–H groups in total. The summed E-state index contributed by atoms with van der Waals surface area (Å²) in [5, 5.41) is 5.47. The molecular formula is C17H21N3O3S. The Labute approximate surface area is 142 Å². The Bertz CT molecular complexity index is 848. The van der Waals surface area contributed by atoms with Crippen LogP contribution in [0.1, 0.15) is 16.7 Å². The van der Waals surface area contributed by atoms with Gasteiger partial charge in [-0.2, -0.15) is 0 Å². The fourth-order valence-electron chi connectivity index (χ4n) is 2.17. The topological polar surface area (TPSA) is 87.3 Å². The zero-order chi connectivity index (χ0) is 17.7. The average molecular weight is 347 g/mol. The molecule has 2 aromatic rings. The van der Waals surface area contributed by atoms with Gasteiger partial charge in [-0.05, 0) is 49.7 Å². The van der Waals surface area contributed by atoms with Crippen LogP contribution in [-0.2, 0) is 16.6 Å². The van der Waals surface area contributed by atoms with Gasteiger partial charge in [0.25, 0.3) is 0 Å². The van der Waals surface area contributed by atoms with E-state index in [1.165, 1.54) is 19.2 Å². The molecule has 0 aromatic heterocycles. The number of benzene rings is 2. The van der Waals surface area contributed by atoms with E-state index >= 15 is 0 Å². The SMILES string of the molecule is CNS(=O)(=O)c1ccc(C)c(NC(=O)NCc2ccccc2C)c1. The van der Waals surface area contributed by atoms with E-state index in [2.05, 4.69) is 15.4 Å². The second kappa shape index (κ2) is 7.46. The van der Waals surface area contributed by atoms with Crippen molar-refractivity contribution in [2.75, 3.05) is 12.4 Å². The molecule has 6 nitrogen and oxygen atoms in total. The standard InChI is InChI=1S/C17H21N3O3S/c1-12-6-4-5-7-14(12)11-19-17(21)20-16-10-15(9-8-13(16)2)24(22,23)18-3/h4-10,18H,11H2,1-3H3,(H2,19,20,21). The summed E-state index contributed by atoms with van der Waals surface area (Å²) in [6, 6.07) is 12.0. The van der Waals surface area contributed by atoms with Crippen LogP contribution in [0.3, 0.4) is 0 Å². The van der Waals surface area contributed by atoms with Crippen molar-refractivity contribution in [3.05, 3.63) is 59.2 Å². The van der Waals surface area contributed by atoms with Gasteiger partial charge >= 0.3 is 6.03 Å². The van der Waals surface area contributed by atoms with Gasteiger partial charge in [0.05, 0.1) is 4.90 Å². The number of carbonyl (C=O) groups is 1. The van der Waals surface area contributed by atoms with Gasteiger partial charge in [-0.25, -0.2) is 17.9 Å². The summed E-state index contributed by atoms with van der Waals surface area (Å²) in [4.78, 5) is 12.2. The van der Waals surface area contributed by atoms with Gasteiger partial charge in [0.2, 0.25) is 10.0 Å². The monoisotopic (exact) mass is 347 g/mol. The van der Waals surface area contributed by atoms with Crippen LogP contribution in [0.25, 0.3) is 0 Å². The number of aryl methyl sites for hydroxylation is 2. The van der Waals surface area contributed by atoms with Crippen molar-refractivity contribution >= 4 is 21.7 Å². The number of amides is 2. The summed E-state index contributed by atoms with van der Waals surface area (Å²) in [6.07, 6.45) is 0. The molecule has 0 unspecified atom stereocenters. The van der Waals surface area contributed by atoms with Crippen LogP contribution in [0, 0.1) is 13.8 Å². The lowest BCUT2D eigenvalue weighted by molar-refractivity contribution is 0.251. The molecule has 0 radical (unpaired) electrons. The van der Waals surface area contributed by atoms with Gasteiger partial charge in [-0.1, -0.05) is 30.3 Å². The highest BCUT2D eigenvalue weighted by Crippen LogP contribution is 2.20. The van der Waals surface area contributed by atoms with Crippen LogP contribution in [0.4, 0.5) is 10.5 Å². The molecule has 2 aromatic carbocycles. The normalized spacial score (nSPS) is 11.1. The van der Waals surface area contributed by atoms with E-state index < -0.39 is 10.0 Å². The van der Waals surface area contributed by atoms with E-state index in [0.29, 0.717) is 12.2 Å². The first-order valence-corrected chi connectivity index (χ1v) is 8.95. The van der Waals surface area contributed by atoms with Crippen LogP contribution in [0.5, 0.6) is 0 Å². The third-order valence-electron chi connectivity index (χ3n) is 3.74. The summed E-state index contributed by atoms with van der Waals surface area (Å²) in [5.41, 5.74) is 3.34. The van der Waals surface area contributed by atoms with E-state index in [1.807, 2.05) is 31.2 Å². The quantitative estimate of drug-likeness (QED) is 0.777. The Morgan fingerprint density at radius 1 is 1.04 bits per heavy atom. The molecule has 0 saturated carbocycles. The van der Waals surface area contributed by atoms with Gasteiger partial charge < -0.3 is 10.6 Å². The van der Waals surface area contributed by atoms with Gasteiger partial charge in [-0.3, -0.25) is 0 Å². The van der Waals surface area contributed by atoms with E-state index in [-0.39, 0.29) is 10.9 Å². The first-order chi connectivity index (χ1) is 11.3. The molecule has 0 saturated heterocycles. The maximum Gasteiger partial charge on any atom is 0.319 e. The third-order valence-corrected chi connectivity index (χ3v) is 5.15. The van der Waals surface area contributed by atoms with Crippen molar-refractivity contribution in [1.29, 1.82) is 0 Å². The summed E-state index contributed by atoms with van der Waals surface area (Å²) in [5.74, 6) is 0. The number of sulfonamides is 1. The molecule has 0 fully saturated rings. The van der Waals surface area contributed by atoms with Crippen molar-refractivity contribution < 1.29 is 13.2 Å². The number of anilines is 1. The highest BCUT2D eigenvalue weighted by molar-refractivity contribution is 7.89. The molecule has 2 rings (SSSR count). The Morgan fingerprint density at radius 3 is 2.42 bits per heavy atom. The molecule has 128 valence electrons. The highest BCUT2D eigenvalue weighted by Gasteiger charge is 2.14. The summed E-state index contributed by atoms with van der Waals surface area (Å²) >= 11 is 0. The van der Waals surface area contributed by atoms with E-state index in [9.17, 15) is 13.2 Å². The van der Waals surface area contributed by atoms with Gasteiger partial charge in [-0.15, -0.1) is 0 Å². The second-order valence-corrected chi connectivity index (χ2v) is 7.30. The molecule has 0 heterocycles. The van der Waals surface area contributed by atoms with E-state index in [4.69, 9.17) is 0 Å². The average Bonchev–Trinajstić information content (AvgIpc) is 2.56. The van der Waals surface area contributed by atoms with Crippen molar-refractivity contribution in [3.8, 4) is 0 Å². The Kier molecular flexibility index (Phi) is 5.58. The molecule has 0 aliphatic heterocycles. The molecule has 0 spiro atoms. The van der Waals surface area contributed by atoms with Crippen molar-refractivity contribution in [3.63, 3.8) is 0 Å². The van der Waals surface area contributed by atoms with Crippen molar-refractivity contribution in [2.45, 2.75) is 25.3 Å². The molecule has 0 bridgehead atoms. The molecule has 7 heteroatoms. The van der Waals surface area contributed by atoms with Crippen LogP contribution >= 0.6 is 0 Å². The van der Waals surface area contributed by atoms with Crippen molar-refractivity contribution in [2.24, 2.45) is 0 Å². The predicted octanol–water partition coefficient (Wildman–Crippen LogP) is 2.53. The molecule has 0 aliphatic carbocycles. The van der Waals surface area contributed by atoms with Crippen molar-refractivity contribution in [1.82, 2.24) is 10.0 Å². The number of carbonyl (C=O) groups excluding carboxylic acids is 1. The van der Waals surface area contributed by atoms with Gasteiger partial charge in [0.1, 0.15) is 0 Å². The minimum absolute atomic E-state index is 0.102. The lowest BCUT2D eigenvalue weighted by atomic mass is 10.1. The highest BCUT2D eigenvalue weighted by atomic mass is 32.2. The fraction of sp³-hybridized carbons (Fsp3) is 0.235. The lowest BCUT2D eigenvalue weighted by Crippen LogP contribution is -2.29. The summed E-state index contributed by atoms with van der Waals surface area (Å²) in [7, 11) is -2.21. The number of hydrogen-bond acceptors (Lipinski definition) is 3. The maximum atomic E-state index is 12.1. The third kappa shape index (κ3) is 4.33. The van der Waals surface area contributed by atoms with Crippen LogP contribution in [0.15, 0.2) is 47.4 Å². The van der Waals surface area contributed by atoms with Gasteiger partial charge in [0.15, 0.2) is 0 Å². The Hall–Kier alpha value is -2.38. The number of hydrogen-bond donors (Lipinski definition) is 3.